The highest BCUT2D eigenvalue weighted by Crippen LogP contribution is 2.18. The second-order valence-corrected chi connectivity index (χ2v) is 7.44. The second kappa shape index (κ2) is 24.2. The number of rotatable bonds is 27. The Balaban J connectivity index is 4.06. The molecule has 0 radical (unpaired) electrons. The van der Waals surface area contributed by atoms with E-state index in [1.54, 1.807) is 0 Å². The largest absolute Gasteiger partial charge is 0.480 e. The van der Waals surface area contributed by atoms with Crippen molar-refractivity contribution in [3.05, 3.63) is 0 Å². The van der Waals surface area contributed by atoms with Crippen LogP contribution in [0.5, 0.6) is 0 Å². The summed E-state index contributed by atoms with van der Waals surface area (Å²) >= 11 is 0. The van der Waals surface area contributed by atoms with Crippen LogP contribution in [0.25, 0.3) is 0 Å². The number of carbonyl (C=O) groups is 1. The molecule has 0 unspecified atom stereocenters. The highest BCUT2D eigenvalue weighted by atomic mass is 16.6. The molecule has 198 valence electrons. The fourth-order valence-electron chi connectivity index (χ4n) is 2.40. The van der Waals surface area contributed by atoms with Crippen LogP contribution >= 0.6 is 0 Å². The molecule has 0 aromatic heterocycles. The van der Waals surface area contributed by atoms with Crippen LogP contribution in [0.1, 0.15) is 6.92 Å². The summed E-state index contributed by atoms with van der Waals surface area (Å²) < 4.78 is 43.5. The maximum absolute atomic E-state index is 10.5. The van der Waals surface area contributed by atoms with Gasteiger partial charge in [0.15, 0.2) is 0 Å². The average molecular weight is 485 g/mol. The molecule has 0 aliphatic carbocycles. The van der Waals surface area contributed by atoms with Crippen molar-refractivity contribution in [3.8, 4) is 0 Å². The van der Waals surface area contributed by atoms with Crippen LogP contribution in [0.15, 0.2) is 0 Å². The molecule has 5 N–H and O–H groups in total. The van der Waals surface area contributed by atoms with Gasteiger partial charge in [0.1, 0.15) is 6.61 Å². The topological polar surface area (TPSA) is 163 Å². The highest BCUT2D eigenvalue weighted by Gasteiger charge is 2.26. The molecular formula is C21H44N2O10. The lowest BCUT2D eigenvalue weighted by atomic mass is 9.94. The van der Waals surface area contributed by atoms with Gasteiger partial charge in [-0.1, -0.05) is 6.92 Å². The van der Waals surface area contributed by atoms with Gasteiger partial charge >= 0.3 is 5.97 Å². The first-order valence-electron chi connectivity index (χ1n) is 11.3. The SMILES string of the molecule is CC(COCCOCCOCCN)(COCCOCCOCCN)COCCOCC(=O)O. The minimum absolute atomic E-state index is 0.199. The van der Waals surface area contributed by atoms with E-state index in [-0.39, 0.29) is 19.8 Å². The number of hydrogen-bond donors (Lipinski definition) is 3. The summed E-state index contributed by atoms with van der Waals surface area (Å²) in [4.78, 5) is 10.5. The Bertz CT molecular complexity index is 410. The Labute approximate surface area is 197 Å². The van der Waals surface area contributed by atoms with Crippen molar-refractivity contribution in [2.75, 3.05) is 119 Å². The molecule has 0 heterocycles. The Kier molecular flexibility index (Phi) is 23.5. The van der Waals surface area contributed by atoms with Crippen molar-refractivity contribution in [2.24, 2.45) is 16.9 Å². The number of carboxylic acids is 1. The van der Waals surface area contributed by atoms with Crippen molar-refractivity contribution in [2.45, 2.75) is 6.92 Å². The van der Waals surface area contributed by atoms with Gasteiger partial charge in [-0.15, -0.1) is 0 Å². The lowest BCUT2D eigenvalue weighted by Crippen LogP contribution is -2.35. The quantitative estimate of drug-likeness (QED) is 0.124. The van der Waals surface area contributed by atoms with Gasteiger partial charge in [-0.05, 0) is 0 Å². The van der Waals surface area contributed by atoms with Gasteiger partial charge in [-0.25, -0.2) is 4.79 Å². The van der Waals surface area contributed by atoms with E-state index < -0.39 is 11.4 Å². The zero-order valence-electron chi connectivity index (χ0n) is 20.0. The van der Waals surface area contributed by atoms with Crippen LogP contribution in [0.3, 0.4) is 0 Å². The predicted octanol–water partition coefficient (Wildman–Crippen LogP) is -0.872. The van der Waals surface area contributed by atoms with Gasteiger partial charge in [-0.3, -0.25) is 0 Å². The molecular weight excluding hydrogens is 440 g/mol. The van der Waals surface area contributed by atoms with E-state index in [2.05, 4.69) is 0 Å². The van der Waals surface area contributed by atoms with Gasteiger partial charge < -0.3 is 54.5 Å². The summed E-state index contributed by atoms with van der Waals surface area (Å²) in [6.07, 6.45) is 0. The minimum Gasteiger partial charge on any atom is -0.480 e. The summed E-state index contributed by atoms with van der Waals surface area (Å²) in [5, 5.41) is 8.58. The molecule has 0 fully saturated rings. The molecule has 0 aliphatic rings. The molecule has 0 aromatic carbocycles. The number of carboxylic acid groups (broad SMARTS) is 1. The average Bonchev–Trinajstić information content (AvgIpc) is 2.79. The highest BCUT2D eigenvalue weighted by molar-refractivity contribution is 5.67. The first-order chi connectivity index (χ1) is 16.0. The Morgan fingerprint density at radius 1 is 0.576 bits per heavy atom. The Morgan fingerprint density at radius 3 is 1.21 bits per heavy atom. The van der Waals surface area contributed by atoms with Gasteiger partial charge in [0.05, 0.1) is 99.1 Å². The fourth-order valence-corrected chi connectivity index (χ4v) is 2.40. The molecule has 0 bridgehead atoms. The molecule has 0 saturated carbocycles. The third-order valence-corrected chi connectivity index (χ3v) is 3.96. The summed E-state index contributed by atoms with van der Waals surface area (Å²) in [6, 6.07) is 0. The Morgan fingerprint density at radius 2 is 0.879 bits per heavy atom. The zero-order chi connectivity index (χ0) is 24.5. The van der Waals surface area contributed by atoms with Gasteiger partial charge in [0.2, 0.25) is 0 Å². The second-order valence-electron chi connectivity index (χ2n) is 7.44. The maximum atomic E-state index is 10.5. The molecule has 0 saturated heterocycles. The van der Waals surface area contributed by atoms with Crippen molar-refractivity contribution in [1.82, 2.24) is 0 Å². The molecule has 0 rings (SSSR count). The summed E-state index contributed by atoms with van der Waals surface area (Å²) in [5.41, 5.74) is 10.3. The third-order valence-electron chi connectivity index (χ3n) is 3.96. The van der Waals surface area contributed by atoms with E-state index >= 15 is 0 Å². The van der Waals surface area contributed by atoms with Crippen molar-refractivity contribution in [1.29, 1.82) is 0 Å². The maximum Gasteiger partial charge on any atom is 0.329 e. The molecule has 12 heteroatoms. The molecule has 0 atom stereocenters. The van der Waals surface area contributed by atoms with E-state index in [0.717, 1.165) is 0 Å². The van der Waals surface area contributed by atoms with E-state index in [9.17, 15) is 4.79 Å². The summed E-state index contributed by atoms with van der Waals surface area (Å²) in [5.74, 6) is -1.01. The molecule has 33 heavy (non-hydrogen) atoms. The predicted molar refractivity (Wildman–Crippen MR) is 120 cm³/mol. The molecule has 0 spiro atoms. The standard InChI is InChI=1S/C21H44N2O10/c1-21(19-33-15-12-30-16-20(24)25,17-31-13-10-28-8-6-26-4-2-22)18-32-14-11-29-9-7-27-5-3-23/h2-19,22-23H2,1H3,(H,24,25). The summed E-state index contributed by atoms with van der Waals surface area (Å²) in [6.45, 7) is 9.07. The molecule has 0 amide bonds. The van der Waals surface area contributed by atoms with Gasteiger partial charge in [0, 0.05) is 18.5 Å². The normalized spacial score (nSPS) is 11.8. The van der Waals surface area contributed by atoms with E-state index in [0.29, 0.717) is 99.0 Å². The van der Waals surface area contributed by atoms with Crippen LogP contribution in [0, 0.1) is 5.41 Å². The minimum atomic E-state index is -1.01. The van der Waals surface area contributed by atoms with E-state index in [4.69, 9.17) is 54.5 Å². The molecule has 0 aliphatic heterocycles. The van der Waals surface area contributed by atoms with Gasteiger partial charge in [-0.2, -0.15) is 0 Å². The van der Waals surface area contributed by atoms with Gasteiger partial charge in [0.25, 0.3) is 0 Å². The lowest BCUT2D eigenvalue weighted by Gasteiger charge is -2.29. The lowest BCUT2D eigenvalue weighted by molar-refractivity contribution is -0.143. The number of aliphatic carboxylic acids is 1. The van der Waals surface area contributed by atoms with Crippen molar-refractivity contribution >= 4 is 5.97 Å². The van der Waals surface area contributed by atoms with E-state index in [1.807, 2.05) is 6.92 Å². The number of hydrogen-bond acceptors (Lipinski definition) is 11. The number of nitrogens with two attached hydrogens (primary N) is 2. The van der Waals surface area contributed by atoms with Crippen molar-refractivity contribution in [3.63, 3.8) is 0 Å². The first kappa shape index (κ1) is 32.1. The third kappa shape index (κ3) is 24.0. The fraction of sp³-hybridized carbons (Fsp3) is 0.952. The molecule has 0 aromatic rings. The number of ether oxygens (including phenoxy) is 8. The molecule has 12 nitrogen and oxygen atoms in total. The first-order valence-corrected chi connectivity index (χ1v) is 11.3. The van der Waals surface area contributed by atoms with Crippen LogP contribution in [-0.2, 0) is 42.7 Å². The summed E-state index contributed by atoms with van der Waals surface area (Å²) in [7, 11) is 0. The van der Waals surface area contributed by atoms with E-state index in [1.165, 1.54) is 0 Å². The monoisotopic (exact) mass is 484 g/mol. The smallest absolute Gasteiger partial charge is 0.329 e. The van der Waals surface area contributed by atoms with Crippen LogP contribution in [0.2, 0.25) is 0 Å². The van der Waals surface area contributed by atoms with Crippen LogP contribution < -0.4 is 11.5 Å². The Hall–Kier alpha value is -0.930. The van der Waals surface area contributed by atoms with Crippen LogP contribution in [0.4, 0.5) is 0 Å². The van der Waals surface area contributed by atoms with Crippen molar-refractivity contribution < 1.29 is 47.8 Å². The van der Waals surface area contributed by atoms with Crippen LogP contribution in [-0.4, -0.2) is 130 Å². The zero-order valence-corrected chi connectivity index (χ0v) is 20.0.